The Morgan fingerprint density at radius 1 is 0.232 bits per heavy atom. The van der Waals surface area contributed by atoms with Gasteiger partial charge in [0.05, 0.1) is 22.7 Å². The molecule has 2 N–H and O–H groups in total. The molecule has 1 aliphatic rings. The maximum atomic E-state index is 4.29. The molecule has 0 atom stereocenters. The molecule has 10 aromatic carbocycles. The minimum absolute atomic E-state index is 1.08. The standard InChI is InChI=1S/C52H36N2P2/c1-3-19-39(20-4-1)55-45-31-27-35-15-7-11-23-41(35)49(45)53-51-43-25-13-9-17-37(43)29-33-47(51)56(40-21-5-2-6-22-40)48-34-30-38-18-10-14-26-44(38)52(48)54-50-42-24-12-8-16-36(42)28-32-46(50)55/h1-34,53-54H. The van der Waals surface area contributed by atoms with Crippen LogP contribution in [0.4, 0.5) is 22.7 Å². The molecule has 0 bridgehead atoms. The zero-order valence-electron chi connectivity index (χ0n) is 30.5. The van der Waals surface area contributed by atoms with Gasteiger partial charge in [-0.1, -0.05) is 206 Å². The summed E-state index contributed by atoms with van der Waals surface area (Å²) in [5.74, 6) is 0. The van der Waals surface area contributed by atoms with Gasteiger partial charge in [0.25, 0.3) is 0 Å². The zero-order chi connectivity index (χ0) is 37.0. The lowest BCUT2D eigenvalue weighted by molar-refractivity contribution is 1.63. The average Bonchev–Trinajstić information content (AvgIpc) is 3.26. The Balaban J connectivity index is 1.35. The lowest BCUT2D eigenvalue weighted by atomic mass is 10.1. The Morgan fingerprint density at radius 2 is 0.482 bits per heavy atom. The number of anilines is 4. The van der Waals surface area contributed by atoms with Crippen molar-refractivity contribution in [1.29, 1.82) is 0 Å². The number of hydrogen-bond donors (Lipinski definition) is 2. The van der Waals surface area contributed by atoms with Gasteiger partial charge in [0.1, 0.15) is 0 Å². The highest BCUT2D eigenvalue weighted by atomic mass is 31.1. The molecular formula is C52H36N2P2. The predicted octanol–water partition coefficient (Wildman–Crippen LogP) is 11.6. The molecule has 0 unspecified atom stereocenters. The second kappa shape index (κ2) is 13.8. The van der Waals surface area contributed by atoms with E-state index in [0.717, 1.165) is 22.7 Å². The van der Waals surface area contributed by atoms with Gasteiger partial charge in [-0.3, -0.25) is 0 Å². The molecule has 11 rings (SSSR count). The lowest BCUT2D eigenvalue weighted by Crippen LogP contribution is -2.29. The van der Waals surface area contributed by atoms with Crippen molar-refractivity contribution < 1.29 is 0 Å². The normalized spacial score (nSPS) is 15.1. The fourth-order valence-electron chi connectivity index (χ4n) is 8.53. The molecule has 0 radical (unpaired) electrons. The molecule has 0 saturated heterocycles. The first kappa shape index (κ1) is 33.1. The van der Waals surface area contributed by atoms with E-state index in [-0.39, 0.29) is 0 Å². The number of fused-ring (bicyclic) bond motifs is 12. The Labute approximate surface area is 329 Å². The molecule has 10 aromatic rings. The molecule has 0 amide bonds. The Hall–Kier alpha value is -6.30. The summed E-state index contributed by atoms with van der Waals surface area (Å²) in [5, 5.41) is 26.1. The van der Waals surface area contributed by atoms with E-state index in [9.17, 15) is 0 Å². The van der Waals surface area contributed by atoms with Crippen molar-refractivity contribution in [2.24, 2.45) is 0 Å². The fraction of sp³-hybridized carbons (Fsp3) is 0. The van der Waals surface area contributed by atoms with Gasteiger partial charge in [0.2, 0.25) is 0 Å². The SMILES string of the molecule is c1ccc(P2c3ccc4ccccc4c3Nc3c(ccc4ccccc34)P(c3ccccc3)c3ccc4ccccc4c3Nc3c2ccc2ccccc32)cc1. The Bertz CT molecular complexity index is 2720. The van der Waals surface area contributed by atoms with Crippen molar-refractivity contribution in [2.45, 2.75) is 0 Å². The van der Waals surface area contributed by atoms with Crippen LogP contribution in [0.3, 0.4) is 0 Å². The number of hydrogen-bond acceptors (Lipinski definition) is 2. The van der Waals surface area contributed by atoms with E-state index in [2.05, 4.69) is 217 Å². The van der Waals surface area contributed by atoms with E-state index in [0.29, 0.717) is 0 Å². The minimum Gasteiger partial charge on any atom is -0.353 e. The maximum Gasteiger partial charge on any atom is 0.0549 e. The highest BCUT2D eigenvalue weighted by molar-refractivity contribution is 7.81. The Kier molecular flexibility index (Phi) is 8.13. The largest absolute Gasteiger partial charge is 0.353 e. The van der Waals surface area contributed by atoms with Crippen LogP contribution < -0.4 is 42.5 Å². The first-order chi connectivity index (χ1) is 27.8. The van der Waals surface area contributed by atoms with Gasteiger partial charge >= 0.3 is 0 Å². The third-order valence-corrected chi connectivity index (χ3v) is 16.2. The molecule has 2 nitrogen and oxygen atoms in total. The third kappa shape index (κ3) is 5.49. The number of rotatable bonds is 2. The first-order valence-electron chi connectivity index (χ1n) is 19.1. The molecule has 1 aliphatic heterocycles. The van der Waals surface area contributed by atoms with Crippen molar-refractivity contribution in [3.63, 3.8) is 0 Å². The van der Waals surface area contributed by atoms with Gasteiger partial charge in [-0.2, -0.15) is 0 Å². The summed E-state index contributed by atoms with van der Waals surface area (Å²) < 4.78 is 0. The van der Waals surface area contributed by atoms with Gasteiger partial charge in [0, 0.05) is 42.8 Å². The highest BCUT2D eigenvalue weighted by Crippen LogP contribution is 2.48. The summed E-state index contributed by atoms with van der Waals surface area (Å²) in [5.41, 5.74) is 4.66. The van der Waals surface area contributed by atoms with Crippen LogP contribution in [0.25, 0.3) is 43.1 Å². The molecular weight excluding hydrogens is 715 g/mol. The second-order valence-electron chi connectivity index (χ2n) is 14.3. The van der Waals surface area contributed by atoms with Crippen LogP contribution in [0, 0.1) is 0 Å². The molecule has 0 fully saturated rings. The minimum atomic E-state index is -1.08. The van der Waals surface area contributed by atoms with Crippen LogP contribution in [0.2, 0.25) is 0 Å². The number of nitrogens with one attached hydrogen (secondary N) is 2. The van der Waals surface area contributed by atoms with Crippen LogP contribution in [0.5, 0.6) is 0 Å². The molecule has 4 heteroatoms. The van der Waals surface area contributed by atoms with E-state index in [4.69, 9.17) is 0 Å². The third-order valence-electron chi connectivity index (χ3n) is 11.1. The fourth-order valence-corrected chi connectivity index (χ4v) is 13.6. The van der Waals surface area contributed by atoms with Gasteiger partial charge in [-0.25, -0.2) is 0 Å². The predicted molar refractivity (Wildman–Crippen MR) is 247 cm³/mol. The van der Waals surface area contributed by atoms with Gasteiger partial charge in [-0.15, -0.1) is 0 Å². The zero-order valence-corrected chi connectivity index (χ0v) is 32.3. The molecule has 264 valence electrons. The van der Waals surface area contributed by atoms with Crippen LogP contribution >= 0.6 is 15.8 Å². The summed E-state index contributed by atoms with van der Waals surface area (Å²) >= 11 is 0. The van der Waals surface area contributed by atoms with Crippen LogP contribution in [0.15, 0.2) is 206 Å². The van der Waals surface area contributed by atoms with Gasteiger partial charge < -0.3 is 10.6 Å². The maximum absolute atomic E-state index is 4.29. The molecule has 56 heavy (non-hydrogen) atoms. The van der Waals surface area contributed by atoms with E-state index in [1.54, 1.807) is 0 Å². The van der Waals surface area contributed by atoms with Crippen molar-refractivity contribution in [3.8, 4) is 0 Å². The highest BCUT2D eigenvalue weighted by Gasteiger charge is 2.30. The van der Waals surface area contributed by atoms with E-state index in [1.165, 1.54) is 74.9 Å². The smallest absolute Gasteiger partial charge is 0.0549 e. The summed E-state index contributed by atoms with van der Waals surface area (Å²) in [4.78, 5) is 0. The summed E-state index contributed by atoms with van der Waals surface area (Å²) in [6, 6.07) is 76.5. The van der Waals surface area contributed by atoms with Crippen molar-refractivity contribution in [2.75, 3.05) is 10.6 Å². The van der Waals surface area contributed by atoms with Crippen molar-refractivity contribution in [1.82, 2.24) is 0 Å². The van der Waals surface area contributed by atoms with Crippen LogP contribution in [-0.4, -0.2) is 0 Å². The van der Waals surface area contributed by atoms with E-state index >= 15 is 0 Å². The molecule has 0 aromatic heterocycles. The first-order valence-corrected chi connectivity index (χ1v) is 21.8. The average molecular weight is 751 g/mol. The van der Waals surface area contributed by atoms with Crippen molar-refractivity contribution in [3.05, 3.63) is 206 Å². The van der Waals surface area contributed by atoms with E-state index in [1.807, 2.05) is 0 Å². The number of benzene rings is 10. The molecule has 1 heterocycles. The van der Waals surface area contributed by atoms with Gasteiger partial charge in [0.15, 0.2) is 0 Å². The van der Waals surface area contributed by atoms with Crippen LogP contribution in [-0.2, 0) is 0 Å². The lowest BCUT2D eigenvalue weighted by Gasteiger charge is -2.32. The summed E-state index contributed by atoms with van der Waals surface area (Å²) in [6.45, 7) is 0. The Morgan fingerprint density at radius 3 is 0.768 bits per heavy atom. The molecule has 0 spiro atoms. The molecule has 0 saturated carbocycles. The van der Waals surface area contributed by atoms with Crippen molar-refractivity contribution >= 4 is 114 Å². The summed E-state index contributed by atoms with van der Waals surface area (Å²) in [7, 11) is -2.16. The summed E-state index contributed by atoms with van der Waals surface area (Å²) in [6.07, 6.45) is 0. The topological polar surface area (TPSA) is 24.1 Å². The van der Waals surface area contributed by atoms with Crippen LogP contribution in [0.1, 0.15) is 0 Å². The molecule has 0 aliphatic carbocycles. The van der Waals surface area contributed by atoms with E-state index < -0.39 is 15.8 Å². The second-order valence-corrected chi connectivity index (χ2v) is 18.6. The van der Waals surface area contributed by atoms with Gasteiger partial charge in [-0.05, 0) is 48.0 Å². The monoisotopic (exact) mass is 750 g/mol. The quantitative estimate of drug-likeness (QED) is 0.172.